The number of benzene rings is 2. The van der Waals surface area contributed by atoms with E-state index in [0.29, 0.717) is 29.7 Å². The predicted molar refractivity (Wildman–Crippen MR) is 109 cm³/mol. The topological polar surface area (TPSA) is 60.1 Å². The molecular weight excluding hydrogens is 370 g/mol. The van der Waals surface area contributed by atoms with Gasteiger partial charge in [-0.05, 0) is 48.2 Å². The van der Waals surface area contributed by atoms with Crippen molar-refractivity contribution in [2.24, 2.45) is 0 Å². The summed E-state index contributed by atoms with van der Waals surface area (Å²) in [6.07, 6.45) is 6.44. The van der Waals surface area contributed by atoms with Crippen LogP contribution in [0.15, 0.2) is 60.0 Å². The van der Waals surface area contributed by atoms with Crippen LogP contribution in [0.3, 0.4) is 0 Å². The molecule has 1 saturated carbocycles. The molecule has 0 unspecified atom stereocenters. The first-order valence-corrected chi connectivity index (χ1v) is 10.2. The van der Waals surface area contributed by atoms with E-state index in [0.717, 1.165) is 22.0 Å². The summed E-state index contributed by atoms with van der Waals surface area (Å²) in [4.78, 5) is 4.48. The summed E-state index contributed by atoms with van der Waals surface area (Å²) in [6, 6.07) is 16.2. The molecule has 6 heteroatoms. The Morgan fingerprint density at radius 1 is 1.18 bits per heavy atom. The lowest BCUT2D eigenvalue weighted by molar-refractivity contribution is 0.284. The van der Waals surface area contributed by atoms with Gasteiger partial charge in [0.05, 0.1) is 18.7 Å². The molecule has 28 heavy (non-hydrogen) atoms. The van der Waals surface area contributed by atoms with Gasteiger partial charge >= 0.3 is 0 Å². The zero-order valence-electron chi connectivity index (χ0n) is 15.7. The number of hydrogen-bond donors (Lipinski definition) is 0. The molecule has 1 heterocycles. The molecule has 0 amide bonds. The van der Waals surface area contributed by atoms with Gasteiger partial charge < -0.3 is 14.0 Å². The zero-order valence-corrected chi connectivity index (χ0v) is 16.5. The lowest BCUT2D eigenvalue weighted by atomic mass is 10.1. The van der Waals surface area contributed by atoms with Gasteiger partial charge in [0.25, 0.3) is 0 Å². The Morgan fingerprint density at radius 3 is 2.86 bits per heavy atom. The largest absolute Gasteiger partial charge is 0.493 e. The van der Waals surface area contributed by atoms with Crippen molar-refractivity contribution in [1.82, 2.24) is 9.55 Å². The second kappa shape index (κ2) is 8.41. The Labute approximate surface area is 168 Å². The third-order valence-corrected chi connectivity index (χ3v) is 5.67. The van der Waals surface area contributed by atoms with Crippen LogP contribution in [-0.2, 0) is 12.4 Å². The Morgan fingerprint density at radius 2 is 2.07 bits per heavy atom. The van der Waals surface area contributed by atoms with Crippen LogP contribution in [0.25, 0.3) is 0 Å². The highest BCUT2D eigenvalue weighted by Gasteiger charge is 2.25. The monoisotopic (exact) mass is 391 g/mol. The third-order valence-electron chi connectivity index (χ3n) is 4.62. The summed E-state index contributed by atoms with van der Waals surface area (Å²) in [5, 5.41) is 10.1. The van der Waals surface area contributed by atoms with Gasteiger partial charge in [0.1, 0.15) is 6.61 Å². The number of methoxy groups -OCH3 is 1. The molecule has 1 aliphatic carbocycles. The van der Waals surface area contributed by atoms with Crippen molar-refractivity contribution in [3.8, 4) is 17.6 Å². The van der Waals surface area contributed by atoms with Crippen molar-refractivity contribution >= 4 is 11.8 Å². The van der Waals surface area contributed by atoms with Crippen LogP contribution >= 0.6 is 11.8 Å². The minimum absolute atomic E-state index is 0.388. The fourth-order valence-corrected chi connectivity index (χ4v) is 3.97. The van der Waals surface area contributed by atoms with Crippen molar-refractivity contribution < 1.29 is 9.47 Å². The first kappa shape index (κ1) is 18.5. The van der Waals surface area contributed by atoms with Crippen LogP contribution in [-0.4, -0.2) is 16.7 Å². The summed E-state index contributed by atoms with van der Waals surface area (Å²) >= 11 is 1.74. The summed E-state index contributed by atoms with van der Waals surface area (Å²) in [5.41, 5.74) is 2.74. The fraction of sp³-hybridized carbons (Fsp3) is 0.273. The molecule has 1 aromatic heterocycles. The first-order valence-electron chi connectivity index (χ1n) is 9.21. The number of thioether (sulfide) groups is 1. The van der Waals surface area contributed by atoms with Gasteiger partial charge in [0.15, 0.2) is 16.7 Å². The molecule has 0 radical (unpaired) electrons. The van der Waals surface area contributed by atoms with Crippen molar-refractivity contribution in [3.05, 3.63) is 71.5 Å². The maximum absolute atomic E-state index is 9.01. The van der Waals surface area contributed by atoms with Crippen molar-refractivity contribution in [3.63, 3.8) is 0 Å². The Hall–Kier alpha value is -2.91. The quantitative estimate of drug-likeness (QED) is 0.507. The number of nitriles is 1. The van der Waals surface area contributed by atoms with Crippen LogP contribution in [0.4, 0.5) is 0 Å². The molecule has 3 aromatic rings. The maximum atomic E-state index is 9.01. The van der Waals surface area contributed by atoms with E-state index in [-0.39, 0.29) is 0 Å². The Kier molecular flexibility index (Phi) is 5.54. The number of hydrogen-bond acceptors (Lipinski definition) is 5. The smallest absolute Gasteiger partial charge is 0.168 e. The SMILES string of the molecule is COc1cc(CSc2nccn2C2CC2)ccc1OCc1cccc(C#N)c1. The standard InChI is InChI=1S/C22H21N3O2S/c1-26-21-12-18(15-28-22-24-9-10-25(22)19-6-7-19)5-8-20(21)27-14-17-4-2-3-16(11-17)13-23/h2-5,8-12,19H,6-7,14-15H2,1H3. The maximum Gasteiger partial charge on any atom is 0.168 e. The van der Waals surface area contributed by atoms with Gasteiger partial charge in [-0.25, -0.2) is 4.98 Å². The molecule has 0 atom stereocenters. The van der Waals surface area contributed by atoms with Crippen LogP contribution in [0, 0.1) is 11.3 Å². The number of nitrogens with zero attached hydrogens (tertiary/aromatic N) is 3. The van der Waals surface area contributed by atoms with E-state index in [1.54, 1.807) is 24.9 Å². The van der Waals surface area contributed by atoms with Gasteiger partial charge in [-0.1, -0.05) is 30.0 Å². The normalized spacial score (nSPS) is 13.1. The van der Waals surface area contributed by atoms with Crippen LogP contribution in [0.1, 0.15) is 35.6 Å². The number of rotatable bonds is 8. The Bertz CT molecular complexity index is 1010. The molecule has 4 rings (SSSR count). The molecule has 1 fully saturated rings. The van der Waals surface area contributed by atoms with Gasteiger partial charge in [0.2, 0.25) is 0 Å². The molecule has 0 bridgehead atoms. The number of imidazole rings is 1. The van der Waals surface area contributed by atoms with Gasteiger partial charge in [-0.2, -0.15) is 5.26 Å². The van der Waals surface area contributed by atoms with Crippen molar-refractivity contribution in [1.29, 1.82) is 5.26 Å². The van der Waals surface area contributed by atoms with E-state index in [1.807, 2.05) is 36.5 Å². The lowest BCUT2D eigenvalue weighted by Crippen LogP contribution is -1.99. The molecule has 0 aliphatic heterocycles. The van der Waals surface area contributed by atoms with Gasteiger partial charge in [0, 0.05) is 24.2 Å². The molecule has 0 saturated heterocycles. The van der Waals surface area contributed by atoms with Crippen LogP contribution < -0.4 is 9.47 Å². The predicted octanol–water partition coefficient (Wildman–Crippen LogP) is 4.97. The molecule has 142 valence electrons. The highest BCUT2D eigenvalue weighted by molar-refractivity contribution is 7.98. The van der Waals surface area contributed by atoms with E-state index in [1.165, 1.54) is 12.8 Å². The average molecular weight is 391 g/mol. The number of aromatic nitrogens is 2. The second-order valence-corrected chi connectivity index (χ2v) is 7.67. The van der Waals surface area contributed by atoms with Gasteiger partial charge in [-0.15, -0.1) is 0 Å². The Balaban J connectivity index is 1.40. The fourth-order valence-electron chi connectivity index (χ4n) is 3.00. The number of ether oxygens (including phenoxy) is 2. The summed E-state index contributed by atoms with van der Waals surface area (Å²) < 4.78 is 13.7. The van der Waals surface area contributed by atoms with E-state index in [2.05, 4.69) is 27.9 Å². The minimum atomic E-state index is 0.388. The van der Waals surface area contributed by atoms with E-state index in [4.69, 9.17) is 14.7 Å². The average Bonchev–Trinajstić information content (AvgIpc) is 3.48. The van der Waals surface area contributed by atoms with Crippen molar-refractivity contribution in [2.75, 3.05) is 7.11 Å². The van der Waals surface area contributed by atoms with Crippen LogP contribution in [0.5, 0.6) is 11.5 Å². The van der Waals surface area contributed by atoms with Gasteiger partial charge in [-0.3, -0.25) is 0 Å². The van der Waals surface area contributed by atoms with Crippen molar-refractivity contribution in [2.45, 2.75) is 36.4 Å². The van der Waals surface area contributed by atoms with E-state index in [9.17, 15) is 0 Å². The third kappa shape index (κ3) is 4.32. The molecule has 1 aliphatic rings. The lowest BCUT2D eigenvalue weighted by Gasteiger charge is -2.12. The highest BCUT2D eigenvalue weighted by atomic mass is 32.2. The molecule has 0 spiro atoms. The van der Waals surface area contributed by atoms with E-state index < -0.39 is 0 Å². The second-order valence-electron chi connectivity index (χ2n) is 6.72. The minimum Gasteiger partial charge on any atom is -0.493 e. The summed E-state index contributed by atoms with van der Waals surface area (Å²) in [5.74, 6) is 2.23. The summed E-state index contributed by atoms with van der Waals surface area (Å²) in [6.45, 7) is 0.388. The summed E-state index contributed by atoms with van der Waals surface area (Å²) in [7, 11) is 1.65. The molecule has 0 N–H and O–H groups in total. The highest BCUT2D eigenvalue weighted by Crippen LogP contribution is 2.38. The van der Waals surface area contributed by atoms with E-state index >= 15 is 0 Å². The van der Waals surface area contributed by atoms with Crippen LogP contribution in [0.2, 0.25) is 0 Å². The molecular formula is C22H21N3O2S. The molecule has 2 aromatic carbocycles. The first-order chi connectivity index (χ1) is 13.8. The molecule has 5 nitrogen and oxygen atoms in total. The zero-order chi connectivity index (χ0) is 19.3.